The highest BCUT2D eigenvalue weighted by molar-refractivity contribution is 6.30. The molecule has 1 saturated heterocycles. The molecule has 0 amide bonds. The number of carbonyl (C=O) groups is 3. The Kier molecular flexibility index (Phi) is 10.8. The summed E-state index contributed by atoms with van der Waals surface area (Å²) in [4.78, 5) is 35.9. The Bertz CT molecular complexity index is 963. The third-order valence-corrected chi connectivity index (χ3v) is 5.84. The van der Waals surface area contributed by atoms with Crippen LogP contribution in [-0.4, -0.2) is 66.6 Å². The van der Waals surface area contributed by atoms with Gasteiger partial charge in [-0.2, -0.15) is 0 Å². The number of benzene rings is 2. The largest absolute Gasteiger partial charge is 0.478 e. The molecule has 8 heteroatoms. The minimum Gasteiger partial charge on any atom is -0.478 e. The van der Waals surface area contributed by atoms with Gasteiger partial charge in [-0.3, -0.25) is 9.69 Å². The van der Waals surface area contributed by atoms with Crippen LogP contribution in [-0.2, 0) is 16.0 Å². The Hall–Kier alpha value is -3.16. The number of carbonyl (C=O) groups excluding carboxylic acids is 1. The van der Waals surface area contributed by atoms with Gasteiger partial charge in [0.25, 0.3) is 0 Å². The second-order valence-electron chi connectivity index (χ2n) is 8.42. The maximum Gasteiger partial charge on any atom is 0.328 e. The first-order valence-corrected chi connectivity index (χ1v) is 11.4. The molecule has 34 heavy (non-hydrogen) atoms. The molecule has 2 N–H and O–H groups in total. The zero-order valence-corrected chi connectivity index (χ0v) is 20.2. The molecule has 0 spiro atoms. The van der Waals surface area contributed by atoms with Crippen molar-refractivity contribution >= 4 is 35.0 Å². The Morgan fingerprint density at radius 2 is 1.47 bits per heavy atom. The predicted molar refractivity (Wildman–Crippen MR) is 134 cm³/mol. The molecule has 0 aromatic heterocycles. The molecule has 2 aromatic rings. The summed E-state index contributed by atoms with van der Waals surface area (Å²) in [5, 5.41) is 16.3. The molecular formula is C26H31ClN2O5. The molecule has 7 nitrogen and oxygen atoms in total. The first-order chi connectivity index (χ1) is 16.1. The number of hydrogen-bond donors (Lipinski definition) is 2. The van der Waals surface area contributed by atoms with Gasteiger partial charge in [0, 0.05) is 42.5 Å². The summed E-state index contributed by atoms with van der Waals surface area (Å²) in [6.45, 7) is 2.51. The molecule has 0 bridgehead atoms. The van der Waals surface area contributed by atoms with Crippen molar-refractivity contribution in [1.29, 1.82) is 0 Å². The van der Waals surface area contributed by atoms with Crippen molar-refractivity contribution in [3.8, 4) is 0 Å². The van der Waals surface area contributed by atoms with Gasteiger partial charge in [0.15, 0.2) is 5.78 Å². The number of nitrogens with zero attached hydrogens (tertiary/aromatic N) is 2. The quantitative estimate of drug-likeness (QED) is 0.425. The van der Waals surface area contributed by atoms with Gasteiger partial charge in [-0.25, -0.2) is 9.59 Å². The smallest absolute Gasteiger partial charge is 0.328 e. The number of Topliss-reactive ketones (excluding diaryl/α,β-unsaturated/α-hetero) is 1. The highest BCUT2D eigenvalue weighted by Gasteiger charge is 2.21. The monoisotopic (exact) mass is 486 g/mol. The summed E-state index contributed by atoms with van der Waals surface area (Å²) < 4.78 is 0. The predicted octanol–water partition coefficient (Wildman–Crippen LogP) is 4.26. The Labute approximate surface area is 205 Å². The number of aliphatic carboxylic acids is 2. The number of halogens is 1. The topological polar surface area (TPSA) is 98.2 Å². The highest BCUT2D eigenvalue weighted by atomic mass is 35.5. The molecule has 1 fully saturated rings. The fourth-order valence-electron chi connectivity index (χ4n) is 3.68. The summed E-state index contributed by atoms with van der Waals surface area (Å²) in [6.07, 6.45) is 4.56. The zero-order valence-electron chi connectivity index (χ0n) is 19.5. The van der Waals surface area contributed by atoms with Crippen LogP contribution in [0.3, 0.4) is 0 Å². The lowest BCUT2D eigenvalue weighted by Gasteiger charge is -2.31. The van der Waals surface area contributed by atoms with Gasteiger partial charge in [0.2, 0.25) is 0 Å². The molecule has 1 aliphatic heterocycles. The lowest BCUT2D eigenvalue weighted by atomic mass is 9.90. The fourth-order valence-corrected chi connectivity index (χ4v) is 3.81. The fraction of sp³-hybridized carbons (Fsp3) is 0.346. The first-order valence-electron chi connectivity index (χ1n) is 11.1. The summed E-state index contributed by atoms with van der Waals surface area (Å²) in [7, 11) is 4.13. The Morgan fingerprint density at radius 3 is 1.94 bits per heavy atom. The Balaban J connectivity index is 0.000000440. The number of anilines is 1. The lowest BCUT2D eigenvalue weighted by molar-refractivity contribution is -0.134. The van der Waals surface area contributed by atoms with E-state index in [0.717, 1.165) is 37.9 Å². The van der Waals surface area contributed by atoms with Crippen LogP contribution in [0.25, 0.3) is 0 Å². The average Bonchev–Trinajstić information content (AvgIpc) is 2.80. The minimum absolute atomic E-state index is 0.180. The van der Waals surface area contributed by atoms with Gasteiger partial charge >= 0.3 is 11.9 Å². The molecule has 1 aliphatic rings. The SMILES string of the molecule is CN(C)c1ccc(CC2CCN(CC(=O)c3ccc(Cl)cc3)CC2)cc1.O=C(O)/C=C/C(=O)O. The van der Waals surface area contributed by atoms with Gasteiger partial charge in [0.1, 0.15) is 0 Å². The van der Waals surface area contributed by atoms with Gasteiger partial charge in [-0.1, -0.05) is 23.7 Å². The van der Waals surface area contributed by atoms with E-state index >= 15 is 0 Å². The molecule has 0 atom stereocenters. The Morgan fingerprint density at radius 1 is 0.941 bits per heavy atom. The zero-order chi connectivity index (χ0) is 25.1. The van der Waals surface area contributed by atoms with Gasteiger partial charge in [0.05, 0.1) is 6.54 Å². The van der Waals surface area contributed by atoms with Crippen LogP contribution in [0.2, 0.25) is 5.02 Å². The minimum atomic E-state index is -1.26. The van der Waals surface area contributed by atoms with E-state index in [4.69, 9.17) is 21.8 Å². The normalized spacial score (nSPS) is 14.3. The van der Waals surface area contributed by atoms with Crippen molar-refractivity contribution in [3.05, 3.63) is 76.8 Å². The molecule has 0 saturated carbocycles. The molecule has 0 unspecified atom stereocenters. The van der Waals surface area contributed by atoms with Gasteiger partial charge in [-0.15, -0.1) is 0 Å². The van der Waals surface area contributed by atoms with E-state index in [9.17, 15) is 14.4 Å². The summed E-state index contributed by atoms with van der Waals surface area (Å²) >= 11 is 5.89. The van der Waals surface area contributed by atoms with E-state index in [1.807, 2.05) is 12.1 Å². The van der Waals surface area contributed by atoms with Crippen LogP contribution in [0.15, 0.2) is 60.7 Å². The summed E-state index contributed by atoms with van der Waals surface area (Å²) in [5.41, 5.74) is 3.40. The number of carboxylic acid groups (broad SMARTS) is 2. The lowest BCUT2D eigenvalue weighted by Crippen LogP contribution is -2.37. The van der Waals surface area contributed by atoms with Crippen LogP contribution in [0.1, 0.15) is 28.8 Å². The molecule has 182 valence electrons. The third-order valence-electron chi connectivity index (χ3n) is 5.59. The van der Waals surface area contributed by atoms with Crippen molar-refractivity contribution in [3.63, 3.8) is 0 Å². The summed E-state index contributed by atoms with van der Waals surface area (Å²) in [6, 6.07) is 16.1. The average molecular weight is 487 g/mol. The van der Waals surface area contributed by atoms with Crippen molar-refractivity contribution in [2.75, 3.05) is 38.6 Å². The second kappa shape index (κ2) is 13.5. The van der Waals surface area contributed by atoms with Crippen LogP contribution in [0.5, 0.6) is 0 Å². The van der Waals surface area contributed by atoms with E-state index in [2.05, 4.69) is 48.2 Å². The molecule has 1 heterocycles. The van der Waals surface area contributed by atoms with E-state index in [1.165, 1.54) is 11.3 Å². The number of likely N-dealkylation sites (tertiary alicyclic amines) is 1. The van der Waals surface area contributed by atoms with Crippen molar-refractivity contribution < 1.29 is 24.6 Å². The number of piperidine rings is 1. The van der Waals surface area contributed by atoms with E-state index in [0.29, 0.717) is 29.6 Å². The van der Waals surface area contributed by atoms with E-state index in [1.54, 1.807) is 12.1 Å². The molecule has 2 aromatic carbocycles. The summed E-state index contributed by atoms with van der Waals surface area (Å²) in [5.74, 6) is -1.62. The molecule has 0 aliphatic carbocycles. The second-order valence-corrected chi connectivity index (χ2v) is 8.86. The number of carboxylic acids is 2. The van der Waals surface area contributed by atoms with Crippen molar-refractivity contribution in [2.45, 2.75) is 19.3 Å². The molecule has 0 radical (unpaired) electrons. The van der Waals surface area contributed by atoms with Gasteiger partial charge in [-0.05, 0) is 80.2 Å². The molecular weight excluding hydrogens is 456 g/mol. The first kappa shape index (κ1) is 27.1. The van der Waals surface area contributed by atoms with Crippen LogP contribution >= 0.6 is 11.6 Å². The van der Waals surface area contributed by atoms with Crippen LogP contribution in [0, 0.1) is 5.92 Å². The molecule has 3 rings (SSSR count). The van der Waals surface area contributed by atoms with E-state index in [-0.39, 0.29) is 5.78 Å². The highest BCUT2D eigenvalue weighted by Crippen LogP contribution is 2.23. The maximum atomic E-state index is 12.4. The van der Waals surface area contributed by atoms with E-state index < -0.39 is 11.9 Å². The van der Waals surface area contributed by atoms with Crippen LogP contribution in [0.4, 0.5) is 5.69 Å². The standard InChI is InChI=1S/C22H27ClN2O.C4H4O4/c1-24(2)21-9-3-17(4-10-21)15-18-11-13-25(14-12-18)16-22(26)19-5-7-20(23)8-6-19;5-3(6)1-2-4(7)8/h3-10,18H,11-16H2,1-2H3;1-2H,(H,5,6)(H,7,8)/b;2-1+. The van der Waals surface area contributed by atoms with Crippen molar-refractivity contribution in [2.24, 2.45) is 5.92 Å². The van der Waals surface area contributed by atoms with Gasteiger partial charge < -0.3 is 15.1 Å². The van der Waals surface area contributed by atoms with Crippen LogP contribution < -0.4 is 4.90 Å². The van der Waals surface area contributed by atoms with Crippen molar-refractivity contribution in [1.82, 2.24) is 4.90 Å². The maximum absolute atomic E-state index is 12.4. The number of hydrogen-bond acceptors (Lipinski definition) is 5. The number of ketones is 1. The number of rotatable bonds is 8. The third kappa shape index (κ3) is 9.77.